The van der Waals surface area contributed by atoms with Gasteiger partial charge in [-0.05, 0) is 28.7 Å². The van der Waals surface area contributed by atoms with Gasteiger partial charge in [-0.25, -0.2) is 19.9 Å². The molecule has 20 heavy (non-hydrogen) atoms. The first kappa shape index (κ1) is 13.4. The smallest absolute Gasteiger partial charge is 0.180 e. The number of aromatic nitrogens is 4. The number of nitrogens with zero attached hydrogens (tertiary/aromatic N) is 4. The second-order valence-corrected chi connectivity index (χ2v) is 5.40. The van der Waals surface area contributed by atoms with Crippen molar-refractivity contribution >= 4 is 34.2 Å². The Hall–Kier alpha value is -1.60. The Morgan fingerprint density at radius 1 is 1.00 bits per heavy atom. The van der Waals surface area contributed by atoms with Crippen LogP contribution in [0.2, 0.25) is 5.15 Å². The molecule has 6 heteroatoms. The lowest BCUT2D eigenvalue weighted by molar-refractivity contribution is 1.10. The van der Waals surface area contributed by atoms with Crippen molar-refractivity contribution in [3.63, 3.8) is 0 Å². The molecule has 0 unspecified atom stereocenters. The van der Waals surface area contributed by atoms with Crippen LogP contribution in [-0.2, 0) is 0 Å². The van der Waals surface area contributed by atoms with Crippen molar-refractivity contribution in [2.45, 2.75) is 0 Å². The van der Waals surface area contributed by atoms with Crippen molar-refractivity contribution in [2.75, 3.05) is 0 Å². The van der Waals surface area contributed by atoms with Crippen LogP contribution in [0.4, 0.5) is 0 Å². The maximum absolute atomic E-state index is 6.22. The molecule has 0 fully saturated rings. The summed E-state index contributed by atoms with van der Waals surface area (Å²) >= 11 is 8.37. The first-order valence-corrected chi connectivity index (χ1v) is 7.26. The van der Waals surface area contributed by atoms with Crippen LogP contribution in [-0.4, -0.2) is 19.9 Å². The van der Waals surface area contributed by atoms with Crippen molar-refractivity contribution < 1.29 is 0 Å². The van der Waals surface area contributed by atoms with E-state index in [9.17, 15) is 0 Å². The number of benzene rings is 1. The Morgan fingerprint density at radius 3 is 2.50 bits per heavy atom. The maximum atomic E-state index is 6.22. The predicted molar refractivity (Wildman–Crippen MR) is 86.2 cm³/mol. The highest BCUT2D eigenvalue weighted by molar-refractivity contribution is 14.1. The lowest BCUT2D eigenvalue weighted by atomic mass is 10.1. The van der Waals surface area contributed by atoms with Crippen LogP contribution in [0.1, 0.15) is 0 Å². The second kappa shape index (κ2) is 5.80. The Balaban J connectivity index is 2.19. The minimum absolute atomic E-state index is 0.424. The van der Waals surface area contributed by atoms with Crippen LogP contribution in [0.25, 0.3) is 22.8 Å². The monoisotopic (exact) mass is 394 g/mol. The van der Waals surface area contributed by atoms with Crippen molar-refractivity contribution in [2.24, 2.45) is 0 Å². The Morgan fingerprint density at radius 2 is 1.80 bits per heavy atom. The summed E-state index contributed by atoms with van der Waals surface area (Å²) in [6.45, 7) is 0. The largest absolute Gasteiger partial charge is 0.245 e. The first-order valence-electron chi connectivity index (χ1n) is 5.80. The van der Waals surface area contributed by atoms with Gasteiger partial charge < -0.3 is 0 Å². The summed E-state index contributed by atoms with van der Waals surface area (Å²) in [5, 5.41) is 0.424. The summed E-state index contributed by atoms with van der Waals surface area (Å²) in [6.07, 6.45) is 3.12. The normalized spacial score (nSPS) is 10.5. The summed E-state index contributed by atoms with van der Waals surface area (Å²) in [5.41, 5.74) is 2.45. The zero-order valence-electron chi connectivity index (χ0n) is 10.2. The van der Waals surface area contributed by atoms with Gasteiger partial charge in [0.05, 0.1) is 9.26 Å². The zero-order chi connectivity index (χ0) is 13.9. The van der Waals surface area contributed by atoms with Crippen LogP contribution in [0.3, 0.4) is 0 Å². The molecular formula is C14H8ClIN4. The molecule has 0 N–H and O–H groups in total. The lowest BCUT2D eigenvalue weighted by Gasteiger charge is -2.08. The van der Waals surface area contributed by atoms with Crippen molar-refractivity contribution in [3.05, 3.63) is 57.6 Å². The maximum Gasteiger partial charge on any atom is 0.180 e. The molecule has 3 aromatic rings. The molecule has 2 aromatic heterocycles. The van der Waals surface area contributed by atoms with Gasteiger partial charge in [0, 0.05) is 11.8 Å². The van der Waals surface area contributed by atoms with Crippen LogP contribution in [0.15, 0.2) is 48.9 Å². The Bertz CT molecular complexity index is 735. The van der Waals surface area contributed by atoms with Gasteiger partial charge >= 0.3 is 0 Å². The standard InChI is InChI=1S/C14H8ClIN4/c15-13-11(16)12(9-4-2-1-3-5-9)19-14(20-13)10-6-7-17-8-18-10/h1-8H. The third-order valence-corrected chi connectivity index (χ3v) is 4.28. The second-order valence-electron chi connectivity index (χ2n) is 3.96. The van der Waals surface area contributed by atoms with E-state index in [-0.39, 0.29) is 0 Å². The summed E-state index contributed by atoms with van der Waals surface area (Å²) in [6, 6.07) is 11.6. The number of hydrogen-bond donors (Lipinski definition) is 0. The van der Waals surface area contributed by atoms with Gasteiger partial charge in [0.2, 0.25) is 0 Å². The quantitative estimate of drug-likeness (QED) is 0.489. The summed E-state index contributed by atoms with van der Waals surface area (Å²) in [7, 11) is 0. The highest BCUT2D eigenvalue weighted by atomic mass is 127. The van der Waals surface area contributed by atoms with Crippen LogP contribution in [0, 0.1) is 3.57 Å². The minimum atomic E-state index is 0.424. The molecule has 0 aliphatic carbocycles. The molecule has 98 valence electrons. The average Bonchev–Trinajstić information content (AvgIpc) is 2.51. The number of rotatable bonds is 2. The number of hydrogen-bond acceptors (Lipinski definition) is 4. The fourth-order valence-corrected chi connectivity index (χ4v) is 2.47. The zero-order valence-corrected chi connectivity index (χ0v) is 13.1. The van der Waals surface area contributed by atoms with Gasteiger partial charge in [-0.3, -0.25) is 0 Å². The van der Waals surface area contributed by atoms with E-state index in [4.69, 9.17) is 11.6 Å². The molecule has 0 bridgehead atoms. The van der Waals surface area contributed by atoms with Crippen LogP contribution in [0.5, 0.6) is 0 Å². The van der Waals surface area contributed by atoms with Gasteiger partial charge in [0.15, 0.2) is 5.82 Å². The van der Waals surface area contributed by atoms with Crippen LogP contribution >= 0.6 is 34.2 Å². The molecule has 0 aliphatic rings. The minimum Gasteiger partial charge on any atom is -0.245 e. The summed E-state index contributed by atoms with van der Waals surface area (Å²) in [4.78, 5) is 16.9. The fraction of sp³-hybridized carbons (Fsp3) is 0. The molecule has 0 spiro atoms. The van der Waals surface area contributed by atoms with Crippen molar-refractivity contribution in [1.29, 1.82) is 0 Å². The SMILES string of the molecule is Clc1nc(-c2ccncn2)nc(-c2ccccc2)c1I. The van der Waals surface area contributed by atoms with Gasteiger partial charge in [-0.2, -0.15) is 0 Å². The van der Waals surface area contributed by atoms with E-state index in [2.05, 4.69) is 42.5 Å². The van der Waals surface area contributed by atoms with Gasteiger partial charge in [0.1, 0.15) is 17.2 Å². The van der Waals surface area contributed by atoms with E-state index in [1.807, 2.05) is 30.3 Å². The summed E-state index contributed by atoms with van der Waals surface area (Å²) < 4.78 is 0.827. The Kier molecular flexibility index (Phi) is 3.88. The van der Waals surface area contributed by atoms with Gasteiger partial charge in [0.25, 0.3) is 0 Å². The molecule has 3 rings (SSSR count). The molecule has 0 amide bonds. The predicted octanol–water partition coefficient (Wildman–Crippen LogP) is 3.86. The van der Waals surface area contributed by atoms with Crippen molar-refractivity contribution in [3.8, 4) is 22.8 Å². The molecule has 0 saturated carbocycles. The molecule has 0 atom stereocenters. The third kappa shape index (κ3) is 2.64. The molecule has 2 heterocycles. The van der Waals surface area contributed by atoms with E-state index < -0.39 is 0 Å². The topological polar surface area (TPSA) is 51.6 Å². The lowest BCUT2D eigenvalue weighted by Crippen LogP contribution is -1.98. The van der Waals surface area contributed by atoms with Crippen LogP contribution < -0.4 is 0 Å². The van der Waals surface area contributed by atoms with Crippen molar-refractivity contribution in [1.82, 2.24) is 19.9 Å². The molecule has 0 saturated heterocycles. The van der Waals surface area contributed by atoms with E-state index >= 15 is 0 Å². The van der Waals surface area contributed by atoms with E-state index in [1.54, 1.807) is 12.3 Å². The van der Waals surface area contributed by atoms with E-state index in [0.717, 1.165) is 14.8 Å². The third-order valence-electron chi connectivity index (χ3n) is 2.67. The Labute approximate surface area is 134 Å². The average molecular weight is 395 g/mol. The highest BCUT2D eigenvalue weighted by Gasteiger charge is 2.14. The fourth-order valence-electron chi connectivity index (χ4n) is 1.74. The van der Waals surface area contributed by atoms with Gasteiger partial charge in [-0.15, -0.1) is 0 Å². The molecule has 0 radical (unpaired) electrons. The van der Waals surface area contributed by atoms with E-state index in [0.29, 0.717) is 16.7 Å². The number of halogens is 2. The molecule has 0 aliphatic heterocycles. The first-order chi connectivity index (χ1) is 9.75. The van der Waals surface area contributed by atoms with E-state index in [1.165, 1.54) is 6.33 Å². The summed E-state index contributed by atoms with van der Waals surface area (Å²) in [5.74, 6) is 0.497. The molecule has 1 aromatic carbocycles. The molecular weight excluding hydrogens is 387 g/mol. The highest BCUT2D eigenvalue weighted by Crippen LogP contribution is 2.29. The van der Waals surface area contributed by atoms with Gasteiger partial charge in [-0.1, -0.05) is 41.9 Å². The molecule has 4 nitrogen and oxygen atoms in total.